The predicted octanol–water partition coefficient (Wildman–Crippen LogP) is 2.09. The van der Waals surface area contributed by atoms with E-state index >= 15 is 0 Å². The van der Waals surface area contributed by atoms with Gasteiger partial charge in [0.1, 0.15) is 0 Å². The molecule has 0 amide bonds. The third-order valence-electron chi connectivity index (χ3n) is 1.05. The van der Waals surface area contributed by atoms with Crippen LogP contribution in [-0.4, -0.2) is 0 Å². The molecule has 0 aromatic rings. The van der Waals surface area contributed by atoms with E-state index < -0.39 is 0 Å². The second-order valence-electron chi connectivity index (χ2n) is 1.87. The molecule has 48 valence electrons. The first kappa shape index (κ1) is 8.05. The second-order valence-corrected chi connectivity index (χ2v) is 1.87. The molecular formula is C8H11N. The van der Waals surface area contributed by atoms with Crippen LogP contribution < -0.4 is 0 Å². The van der Waals surface area contributed by atoms with Gasteiger partial charge >= 0.3 is 0 Å². The lowest BCUT2D eigenvalue weighted by molar-refractivity contribution is 0.737. The highest BCUT2D eigenvalue weighted by atomic mass is 14.2. The topological polar surface area (TPSA) is 23.8 Å². The summed E-state index contributed by atoms with van der Waals surface area (Å²) in [6.07, 6.45) is 4.45. The van der Waals surface area contributed by atoms with Crippen LogP contribution in [0.25, 0.3) is 0 Å². The number of rotatable bonds is 3. The summed E-state index contributed by atoms with van der Waals surface area (Å²) >= 11 is 0. The Morgan fingerprint density at radius 1 is 1.33 bits per heavy atom. The molecule has 1 nitrogen and oxygen atoms in total. The summed E-state index contributed by atoms with van der Waals surface area (Å²) in [5.41, 5.74) is 0. The summed E-state index contributed by atoms with van der Waals surface area (Å²) in [6.45, 7) is 2.15. The van der Waals surface area contributed by atoms with Gasteiger partial charge in [0.25, 0.3) is 0 Å². The van der Waals surface area contributed by atoms with Gasteiger partial charge in [0, 0.05) is 12.3 Å². The maximum Gasteiger partial charge on any atom is 0.152 e. The number of unbranched alkanes of at least 4 members (excludes halogenated alkanes) is 3. The zero-order chi connectivity index (χ0) is 6.95. The van der Waals surface area contributed by atoms with Gasteiger partial charge in [-0.15, -0.1) is 0 Å². The maximum absolute atomic E-state index is 8.00. The zero-order valence-electron chi connectivity index (χ0n) is 5.78. The highest BCUT2D eigenvalue weighted by Gasteiger charge is 1.79. The van der Waals surface area contributed by atoms with Crippen molar-refractivity contribution < 1.29 is 0 Å². The maximum atomic E-state index is 8.00. The molecule has 0 rings (SSSR count). The van der Waals surface area contributed by atoms with E-state index in [1.807, 2.05) is 0 Å². The van der Waals surface area contributed by atoms with Crippen LogP contribution in [0.3, 0.4) is 0 Å². The Bertz CT molecular complexity index is 142. The molecule has 0 aromatic heterocycles. The first-order chi connectivity index (χ1) is 4.41. The number of nitriles is 1. The minimum absolute atomic E-state index is 0.876. The quantitative estimate of drug-likeness (QED) is 0.414. The fraction of sp³-hybridized carbons (Fsp3) is 0.625. The molecule has 0 aliphatic rings. The Labute approximate surface area is 56.7 Å². The summed E-state index contributed by atoms with van der Waals surface area (Å²) in [4.78, 5) is 0. The Hall–Kier alpha value is -0.950. The summed E-state index contributed by atoms with van der Waals surface area (Å²) in [7, 11) is 0. The van der Waals surface area contributed by atoms with Gasteiger partial charge in [-0.05, 0) is 6.42 Å². The van der Waals surface area contributed by atoms with E-state index in [4.69, 9.17) is 5.26 Å². The molecule has 9 heavy (non-hydrogen) atoms. The van der Waals surface area contributed by atoms with Crippen LogP contribution in [0.4, 0.5) is 0 Å². The molecule has 0 aliphatic heterocycles. The molecule has 0 radical (unpaired) electrons. The Balaban J connectivity index is 3.02. The van der Waals surface area contributed by atoms with E-state index in [-0.39, 0.29) is 0 Å². The molecule has 0 fully saturated rings. The lowest BCUT2D eigenvalue weighted by Gasteiger charge is -1.86. The molecule has 0 saturated carbocycles. The highest BCUT2D eigenvalue weighted by Crippen LogP contribution is 1.96. The third-order valence-corrected chi connectivity index (χ3v) is 1.05. The van der Waals surface area contributed by atoms with Crippen LogP contribution in [-0.2, 0) is 0 Å². The van der Waals surface area contributed by atoms with E-state index in [2.05, 4.69) is 18.8 Å². The SMILES string of the molecule is CCCCCC#CC#N. The van der Waals surface area contributed by atoms with Crippen LogP contribution in [0.5, 0.6) is 0 Å². The van der Waals surface area contributed by atoms with Crippen LogP contribution in [0, 0.1) is 23.2 Å². The fourth-order valence-corrected chi connectivity index (χ4v) is 0.565. The largest absolute Gasteiger partial charge is 0.183 e. The average Bonchev–Trinajstić information content (AvgIpc) is 1.89. The van der Waals surface area contributed by atoms with E-state index in [1.165, 1.54) is 12.8 Å². The van der Waals surface area contributed by atoms with Gasteiger partial charge in [0.2, 0.25) is 0 Å². The van der Waals surface area contributed by atoms with Crippen molar-refractivity contribution in [3.8, 4) is 17.9 Å². The van der Waals surface area contributed by atoms with Gasteiger partial charge in [0.15, 0.2) is 6.07 Å². The molecule has 0 saturated heterocycles. The zero-order valence-corrected chi connectivity index (χ0v) is 5.78. The molecule has 0 heterocycles. The van der Waals surface area contributed by atoms with Gasteiger partial charge in [0.05, 0.1) is 0 Å². The lowest BCUT2D eigenvalue weighted by atomic mass is 10.2. The van der Waals surface area contributed by atoms with Crippen LogP contribution >= 0.6 is 0 Å². The number of nitrogens with zero attached hydrogens (tertiary/aromatic N) is 1. The van der Waals surface area contributed by atoms with Gasteiger partial charge < -0.3 is 0 Å². The van der Waals surface area contributed by atoms with Crippen LogP contribution in [0.2, 0.25) is 0 Å². The van der Waals surface area contributed by atoms with Crippen LogP contribution in [0.1, 0.15) is 32.6 Å². The summed E-state index contributed by atoms with van der Waals surface area (Å²) < 4.78 is 0. The third kappa shape index (κ3) is 7.05. The minimum atomic E-state index is 0.876. The van der Waals surface area contributed by atoms with Crippen molar-refractivity contribution in [2.75, 3.05) is 0 Å². The fourth-order valence-electron chi connectivity index (χ4n) is 0.565. The highest BCUT2D eigenvalue weighted by molar-refractivity contribution is 5.16. The van der Waals surface area contributed by atoms with Crippen molar-refractivity contribution >= 4 is 0 Å². The van der Waals surface area contributed by atoms with Gasteiger partial charge in [-0.1, -0.05) is 25.7 Å². The van der Waals surface area contributed by atoms with Gasteiger partial charge in [-0.3, -0.25) is 0 Å². The van der Waals surface area contributed by atoms with Crippen molar-refractivity contribution in [3.05, 3.63) is 0 Å². The van der Waals surface area contributed by atoms with E-state index in [0.717, 1.165) is 12.8 Å². The summed E-state index contributed by atoms with van der Waals surface area (Å²) in [6, 6.07) is 1.78. The van der Waals surface area contributed by atoms with Gasteiger partial charge in [-0.25, -0.2) is 0 Å². The molecule has 0 spiro atoms. The minimum Gasteiger partial charge on any atom is -0.183 e. The first-order valence-electron chi connectivity index (χ1n) is 3.28. The van der Waals surface area contributed by atoms with E-state index in [1.54, 1.807) is 6.07 Å². The smallest absolute Gasteiger partial charge is 0.152 e. The molecule has 0 aliphatic carbocycles. The predicted molar refractivity (Wildman–Crippen MR) is 37.5 cm³/mol. The molecular weight excluding hydrogens is 110 g/mol. The second kappa shape index (κ2) is 7.05. The van der Waals surface area contributed by atoms with Crippen molar-refractivity contribution in [2.45, 2.75) is 32.6 Å². The molecule has 0 atom stereocenters. The molecule has 0 unspecified atom stereocenters. The number of hydrogen-bond donors (Lipinski definition) is 0. The molecule has 0 aromatic carbocycles. The lowest BCUT2D eigenvalue weighted by Crippen LogP contribution is -1.69. The summed E-state index contributed by atoms with van der Waals surface area (Å²) in [5.74, 6) is 5.12. The Morgan fingerprint density at radius 2 is 2.11 bits per heavy atom. The van der Waals surface area contributed by atoms with Crippen molar-refractivity contribution in [2.24, 2.45) is 0 Å². The standard InChI is InChI=1S/C8H11N/c1-2-3-4-5-6-7-8-9/h2-5H2,1H3. The van der Waals surface area contributed by atoms with E-state index in [9.17, 15) is 0 Å². The Kier molecular flexibility index (Phi) is 6.31. The van der Waals surface area contributed by atoms with Crippen LogP contribution in [0.15, 0.2) is 0 Å². The Morgan fingerprint density at radius 3 is 2.67 bits per heavy atom. The number of hydrogen-bond acceptors (Lipinski definition) is 1. The summed E-state index contributed by atoms with van der Waals surface area (Å²) in [5, 5.41) is 8.00. The monoisotopic (exact) mass is 121 g/mol. The average molecular weight is 121 g/mol. The van der Waals surface area contributed by atoms with Crippen molar-refractivity contribution in [3.63, 3.8) is 0 Å². The van der Waals surface area contributed by atoms with Crippen molar-refractivity contribution in [1.29, 1.82) is 5.26 Å². The van der Waals surface area contributed by atoms with E-state index in [0.29, 0.717) is 0 Å². The normalized spacial score (nSPS) is 7.11. The molecule has 1 heteroatoms. The molecule has 0 N–H and O–H groups in total. The van der Waals surface area contributed by atoms with Crippen molar-refractivity contribution in [1.82, 2.24) is 0 Å². The molecule has 0 bridgehead atoms. The van der Waals surface area contributed by atoms with Gasteiger partial charge in [-0.2, -0.15) is 5.26 Å². The first-order valence-corrected chi connectivity index (χ1v) is 3.28.